The molecule has 1 unspecified atom stereocenters. The maximum absolute atomic E-state index is 14.0. The Morgan fingerprint density at radius 3 is 2.33 bits per heavy atom. The van der Waals surface area contributed by atoms with E-state index in [1.807, 2.05) is 13.8 Å². The van der Waals surface area contributed by atoms with Gasteiger partial charge in [0.25, 0.3) is 9.05 Å². The molecule has 1 atom stereocenters. The zero-order valence-electron chi connectivity index (χ0n) is 11.7. The summed E-state index contributed by atoms with van der Waals surface area (Å²) in [5.41, 5.74) is -0.801. The third-order valence-electron chi connectivity index (χ3n) is 2.60. The summed E-state index contributed by atoms with van der Waals surface area (Å²) in [6.07, 6.45) is 0.0137. The van der Waals surface area contributed by atoms with E-state index in [-0.39, 0.29) is 5.92 Å². The summed E-state index contributed by atoms with van der Waals surface area (Å²) >= 11 is 0. The average Bonchev–Trinajstić information content (AvgIpc) is 2.28. The molecule has 4 nitrogen and oxygen atoms in total. The number of carbonyl (C=O) groups is 1. The first-order chi connectivity index (χ1) is 9.52. The summed E-state index contributed by atoms with van der Waals surface area (Å²) in [4.78, 5) is 10.7. The number of hydrogen-bond donors (Lipinski definition) is 0. The molecule has 8 heteroatoms. The van der Waals surface area contributed by atoms with Crippen molar-refractivity contribution in [1.82, 2.24) is 0 Å². The molecule has 0 spiro atoms. The van der Waals surface area contributed by atoms with Crippen molar-refractivity contribution in [2.75, 3.05) is 0 Å². The second kappa shape index (κ2) is 6.70. The van der Waals surface area contributed by atoms with E-state index in [9.17, 15) is 22.0 Å². The van der Waals surface area contributed by atoms with Gasteiger partial charge in [0.05, 0.1) is 11.7 Å². The van der Waals surface area contributed by atoms with Crippen molar-refractivity contribution in [3.8, 4) is 0 Å². The minimum absolute atomic E-state index is 0.240. The minimum Gasteiger partial charge on any atom is -0.459 e. The van der Waals surface area contributed by atoms with Gasteiger partial charge in [-0.15, -0.1) is 0 Å². The van der Waals surface area contributed by atoms with Crippen molar-refractivity contribution < 1.29 is 26.7 Å². The topological polar surface area (TPSA) is 60.4 Å². The largest absolute Gasteiger partial charge is 0.459 e. The number of hydrogen-bond acceptors (Lipinski definition) is 4. The SMILES string of the molecule is CC(C)CC(C)OC(=O)c1cc(F)cc(S(=O)(=O)Cl)c1F. The van der Waals surface area contributed by atoms with Gasteiger partial charge in [-0.1, -0.05) is 13.8 Å². The van der Waals surface area contributed by atoms with Gasteiger partial charge in [-0.25, -0.2) is 22.0 Å². The maximum Gasteiger partial charge on any atom is 0.341 e. The number of benzene rings is 1. The van der Waals surface area contributed by atoms with Gasteiger partial charge in [0.1, 0.15) is 10.7 Å². The summed E-state index contributed by atoms with van der Waals surface area (Å²) in [5, 5.41) is 0. The summed E-state index contributed by atoms with van der Waals surface area (Å²) in [6, 6.07) is 0.983. The molecule has 0 fully saturated rings. The molecular weight excluding hydrogens is 326 g/mol. The molecule has 0 saturated heterocycles. The quantitative estimate of drug-likeness (QED) is 0.608. The first-order valence-corrected chi connectivity index (χ1v) is 8.48. The fourth-order valence-corrected chi connectivity index (χ4v) is 2.76. The summed E-state index contributed by atoms with van der Waals surface area (Å²) in [7, 11) is 0.490. The molecule has 0 aromatic heterocycles. The van der Waals surface area contributed by atoms with Crippen LogP contribution in [0.2, 0.25) is 0 Å². The first-order valence-electron chi connectivity index (χ1n) is 6.17. The molecule has 0 aliphatic heterocycles. The van der Waals surface area contributed by atoms with Gasteiger partial charge in [-0.3, -0.25) is 0 Å². The van der Waals surface area contributed by atoms with Crippen LogP contribution in [0.3, 0.4) is 0 Å². The molecule has 1 aromatic rings. The van der Waals surface area contributed by atoms with Crippen LogP contribution < -0.4 is 0 Å². The van der Waals surface area contributed by atoms with Crippen molar-refractivity contribution in [1.29, 1.82) is 0 Å². The summed E-state index contributed by atoms with van der Waals surface area (Å²) in [6.45, 7) is 5.42. The maximum atomic E-state index is 14.0. The van der Waals surface area contributed by atoms with E-state index in [1.165, 1.54) is 0 Å². The molecule has 1 aromatic carbocycles. The normalized spacial score (nSPS) is 13.3. The van der Waals surface area contributed by atoms with Crippen LogP contribution >= 0.6 is 10.7 Å². The predicted octanol–water partition coefficient (Wildman–Crippen LogP) is 3.48. The zero-order chi connectivity index (χ0) is 16.4. The third-order valence-corrected chi connectivity index (χ3v) is 3.92. The van der Waals surface area contributed by atoms with Crippen molar-refractivity contribution in [3.05, 3.63) is 29.3 Å². The molecule has 0 N–H and O–H groups in total. The Morgan fingerprint density at radius 1 is 1.29 bits per heavy atom. The van der Waals surface area contributed by atoms with Gasteiger partial charge in [-0.05, 0) is 31.4 Å². The number of rotatable bonds is 5. The molecule has 0 radical (unpaired) electrons. The Morgan fingerprint density at radius 2 is 1.86 bits per heavy atom. The fraction of sp³-hybridized carbons (Fsp3) is 0.462. The Kier molecular flexibility index (Phi) is 5.69. The Balaban J connectivity index is 3.14. The van der Waals surface area contributed by atoms with Crippen LogP contribution in [-0.2, 0) is 13.8 Å². The highest BCUT2D eigenvalue weighted by Crippen LogP contribution is 2.24. The van der Waals surface area contributed by atoms with E-state index in [0.717, 1.165) is 0 Å². The van der Waals surface area contributed by atoms with Gasteiger partial charge < -0.3 is 4.74 Å². The highest BCUT2D eigenvalue weighted by atomic mass is 35.7. The van der Waals surface area contributed by atoms with Crippen LogP contribution in [0.15, 0.2) is 17.0 Å². The third kappa shape index (κ3) is 4.93. The number of halogens is 3. The van der Waals surface area contributed by atoms with Crippen LogP contribution in [0.4, 0.5) is 8.78 Å². The highest BCUT2D eigenvalue weighted by molar-refractivity contribution is 8.13. The van der Waals surface area contributed by atoms with Crippen LogP contribution in [0.5, 0.6) is 0 Å². The lowest BCUT2D eigenvalue weighted by atomic mass is 10.1. The molecular formula is C13H15ClF2O4S. The van der Waals surface area contributed by atoms with E-state index < -0.39 is 43.2 Å². The van der Waals surface area contributed by atoms with E-state index >= 15 is 0 Å². The number of esters is 1. The summed E-state index contributed by atoms with van der Waals surface area (Å²) in [5.74, 6) is -3.42. The molecule has 0 amide bonds. The lowest BCUT2D eigenvalue weighted by molar-refractivity contribution is 0.0293. The van der Waals surface area contributed by atoms with E-state index in [1.54, 1.807) is 6.92 Å². The molecule has 0 saturated carbocycles. The minimum atomic E-state index is -4.51. The van der Waals surface area contributed by atoms with Crippen LogP contribution in [0.1, 0.15) is 37.6 Å². The van der Waals surface area contributed by atoms with E-state index in [4.69, 9.17) is 15.4 Å². The zero-order valence-corrected chi connectivity index (χ0v) is 13.3. The standard InChI is InChI=1S/C13H15ClF2O4S/c1-7(2)4-8(3)20-13(17)10-5-9(15)6-11(12(10)16)21(14,18)19/h5-8H,4H2,1-3H3. The Hall–Kier alpha value is -1.21. The van der Waals surface area contributed by atoms with Crippen molar-refractivity contribution in [2.24, 2.45) is 5.92 Å². The van der Waals surface area contributed by atoms with Gasteiger partial charge in [-0.2, -0.15) is 0 Å². The lowest BCUT2D eigenvalue weighted by Gasteiger charge is -2.15. The van der Waals surface area contributed by atoms with Crippen LogP contribution in [0.25, 0.3) is 0 Å². The summed E-state index contributed by atoms with van der Waals surface area (Å²) < 4.78 is 54.6. The molecule has 0 bridgehead atoms. The van der Waals surface area contributed by atoms with Gasteiger partial charge in [0, 0.05) is 10.7 Å². The smallest absolute Gasteiger partial charge is 0.341 e. The van der Waals surface area contributed by atoms with E-state index in [2.05, 4.69) is 0 Å². The van der Waals surface area contributed by atoms with Crippen LogP contribution in [-0.4, -0.2) is 20.5 Å². The molecule has 118 valence electrons. The first kappa shape index (κ1) is 17.8. The molecule has 1 rings (SSSR count). The monoisotopic (exact) mass is 340 g/mol. The molecule has 0 aliphatic rings. The van der Waals surface area contributed by atoms with Crippen molar-refractivity contribution in [2.45, 2.75) is 38.2 Å². The average molecular weight is 341 g/mol. The molecule has 0 heterocycles. The second-order valence-corrected chi connectivity index (χ2v) is 7.58. The number of carbonyl (C=O) groups excluding carboxylic acids is 1. The predicted molar refractivity (Wildman–Crippen MR) is 73.7 cm³/mol. The van der Waals surface area contributed by atoms with Crippen LogP contribution in [0, 0.1) is 17.6 Å². The second-order valence-electron chi connectivity index (χ2n) is 5.05. The van der Waals surface area contributed by atoms with Gasteiger partial charge in [0.2, 0.25) is 0 Å². The Bertz CT molecular complexity index is 644. The van der Waals surface area contributed by atoms with Gasteiger partial charge in [0.15, 0.2) is 5.82 Å². The molecule has 0 aliphatic carbocycles. The van der Waals surface area contributed by atoms with E-state index in [0.29, 0.717) is 18.6 Å². The molecule has 21 heavy (non-hydrogen) atoms. The highest BCUT2D eigenvalue weighted by Gasteiger charge is 2.26. The van der Waals surface area contributed by atoms with Crippen molar-refractivity contribution >= 4 is 25.7 Å². The number of ether oxygens (including phenoxy) is 1. The van der Waals surface area contributed by atoms with Gasteiger partial charge >= 0.3 is 5.97 Å². The fourth-order valence-electron chi connectivity index (χ4n) is 1.85. The van der Waals surface area contributed by atoms with Crippen molar-refractivity contribution in [3.63, 3.8) is 0 Å². The Labute approximate surface area is 126 Å². The lowest BCUT2D eigenvalue weighted by Crippen LogP contribution is -2.19.